The van der Waals surface area contributed by atoms with Crippen LogP contribution in [0.5, 0.6) is 0 Å². The Morgan fingerprint density at radius 3 is 2.00 bits per heavy atom. The summed E-state index contributed by atoms with van der Waals surface area (Å²) in [6, 6.07) is 0. The maximum absolute atomic E-state index is 12.2. The Kier molecular flexibility index (Phi) is 4.71. The smallest absolute Gasteiger partial charge is 0.0920 e. The minimum atomic E-state index is -0.171. The quantitative estimate of drug-likeness (QED) is 0.573. The largest absolute Gasteiger partial charge is 0.251 e. The monoisotopic (exact) mass is 160 g/mol. The molecule has 1 unspecified atom stereocenters. The highest BCUT2D eigenvalue weighted by atomic mass is 19.1. The minimum Gasteiger partial charge on any atom is -0.251 e. The molecule has 0 amide bonds. The minimum absolute atomic E-state index is 0.171. The maximum atomic E-state index is 12.2. The molecule has 0 heterocycles. The summed E-state index contributed by atoms with van der Waals surface area (Å²) in [5.74, 6) is 0.236. The van der Waals surface area contributed by atoms with Gasteiger partial charge in [0.05, 0.1) is 6.67 Å². The number of rotatable bonds is 5. The van der Waals surface area contributed by atoms with Gasteiger partial charge >= 0.3 is 0 Å². The van der Waals surface area contributed by atoms with E-state index in [0.29, 0.717) is 5.41 Å². The number of alkyl halides is 1. The van der Waals surface area contributed by atoms with Crippen molar-refractivity contribution in [1.82, 2.24) is 0 Å². The normalized spacial score (nSPS) is 15.0. The van der Waals surface area contributed by atoms with E-state index in [4.69, 9.17) is 0 Å². The fourth-order valence-corrected chi connectivity index (χ4v) is 1.43. The summed E-state index contributed by atoms with van der Waals surface area (Å²) in [5, 5.41) is 0. The molecule has 0 bridgehead atoms. The molecule has 0 aliphatic rings. The zero-order valence-electron chi connectivity index (χ0n) is 8.28. The summed E-state index contributed by atoms with van der Waals surface area (Å²) in [7, 11) is 0. The van der Waals surface area contributed by atoms with Crippen LogP contribution < -0.4 is 0 Å². The molecule has 1 heteroatoms. The summed E-state index contributed by atoms with van der Waals surface area (Å²) < 4.78 is 12.2. The van der Waals surface area contributed by atoms with E-state index in [1.807, 2.05) is 6.92 Å². The first-order valence-electron chi connectivity index (χ1n) is 4.64. The van der Waals surface area contributed by atoms with Crippen LogP contribution in [-0.2, 0) is 0 Å². The highest BCUT2D eigenvalue weighted by molar-refractivity contribution is 4.73. The molecule has 0 fully saturated rings. The van der Waals surface area contributed by atoms with E-state index in [0.717, 1.165) is 19.3 Å². The lowest BCUT2D eigenvalue weighted by Gasteiger charge is -2.28. The molecule has 11 heavy (non-hydrogen) atoms. The molecule has 0 aliphatic heterocycles. The van der Waals surface area contributed by atoms with E-state index >= 15 is 0 Å². The van der Waals surface area contributed by atoms with Crippen molar-refractivity contribution in [3.05, 3.63) is 0 Å². The van der Waals surface area contributed by atoms with Crippen LogP contribution in [0.3, 0.4) is 0 Å². The Hall–Kier alpha value is -0.0700. The van der Waals surface area contributed by atoms with Gasteiger partial charge in [-0.25, -0.2) is 0 Å². The number of halogens is 1. The van der Waals surface area contributed by atoms with Gasteiger partial charge in [0.25, 0.3) is 0 Å². The van der Waals surface area contributed by atoms with Gasteiger partial charge in [-0.05, 0) is 17.8 Å². The first kappa shape index (κ1) is 10.9. The maximum Gasteiger partial charge on any atom is 0.0920 e. The van der Waals surface area contributed by atoms with Crippen LogP contribution in [0.4, 0.5) is 4.39 Å². The molecule has 68 valence electrons. The molecule has 0 aromatic carbocycles. The van der Waals surface area contributed by atoms with Crippen molar-refractivity contribution >= 4 is 0 Å². The molecule has 0 aromatic rings. The van der Waals surface area contributed by atoms with E-state index < -0.39 is 0 Å². The molecular weight excluding hydrogens is 139 g/mol. The van der Waals surface area contributed by atoms with E-state index in [1.165, 1.54) is 0 Å². The van der Waals surface area contributed by atoms with Gasteiger partial charge in [0.2, 0.25) is 0 Å². The highest BCUT2D eigenvalue weighted by Crippen LogP contribution is 2.33. The van der Waals surface area contributed by atoms with Gasteiger partial charge in [-0.1, -0.05) is 40.5 Å². The Balaban J connectivity index is 3.86. The van der Waals surface area contributed by atoms with Crippen molar-refractivity contribution < 1.29 is 4.39 Å². The Morgan fingerprint density at radius 2 is 1.73 bits per heavy atom. The van der Waals surface area contributed by atoms with Gasteiger partial charge < -0.3 is 0 Å². The van der Waals surface area contributed by atoms with E-state index in [1.54, 1.807) is 0 Å². The van der Waals surface area contributed by atoms with Gasteiger partial charge in [-0.15, -0.1) is 0 Å². The van der Waals surface area contributed by atoms with Crippen molar-refractivity contribution in [2.24, 2.45) is 11.3 Å². The lowest BCUT2D eigenvalue weighted by molar-refractivity contribution is 0.206. The summed E-state index contributed by atoms with van der Waals surface area (Å²) >= 11 is 0. The fraction of sp³-hybridized carbons (Fsp3) is 1.00. The second-order valence-corrected chi connectivity index (χ2v) is 3.98. The van der Waals surface area contributed by atoms with Crippen LogP contribution in [0.2, 0.25) is 0 Å². The molecule has 1 atom stereocenters. The van der Waals surface area contributed by atoms with Crippen molar-refractivity contribution in [2.45, 2.75) is 47.0 Å². The Bertz CT molecular complexity index is 95.0. The van der Waals surface area contributed by atoms with Crippen molar-refractivity contribution in [3.8, 4) is 0 Å². The zero-order valence-corrected chi connectivity index (χ0v) is 8.28. The summed E-state index contributed by atoms with van der Waals surface area (Å²) in [4.78, 5) is 0. The lowest BCUT2D eigenvalue weighted by atomic mass is 9.77. The third kappa shape index (κ3) is 3.74. The molecule has 0 aromatic heterocycles. The van der Waals surface area contributed by atoms with Gasteiger partial charge in [0.1, 0.15) is 0 Å². The Morgan fingerprint density at radius 1 is 1.27 bits per heavy atom. The third-order valence-corrected chi connectivity index (χ3v) is 2.81. The van der Waals surface area contributed by atoms with Crippen LogP contribution >= 0.6 is 0 Å². The van der Waals surface area contributed by atoms with Crippen LogP contribution in [-0.4, -0.2) is 6.67 Å². The predicted octanol–water partition coefficient (Wildman–Crippen LogP) is 3.81. The number of hydrogen-bond acceptors (Lipinski definition) is 0. The summed E-state index contributed by atoms with van der Waals surface area (Å²) in [6.07, 6.45) is 3.35. The van der Waals surface area contributed by atoms with Crippen molar-refractivity contribution in [2.75, 3.05) is 6.67 Å². The lowest BCUT2D eigenvalue weighted by Crippen LogP contribution is -2.18. The number of hydrogen-bond donors (Lipinski definition) is 0. The standard InChI is InChI=1S/C10H21F/c1-5-10(4,6-2)7-9(3)8-11/h9H,5-8H2,1-4H3. The first-order valence-corrected chi connectivity index (χ1v) is 4.64. The predicted molar refractivity (Wildman–Crippen MR) is 48.4 cm³/mol. The molecular formula is C10H21F. The van der Waals surface area contributed by atoms with Crippen molar-refractivity contribution in [3.63, 3.8) is 0 Å². The van der Waals surface area contributed by atoms with E-state index in [2.05, 4.69) is 20.8 Å². The molecule has 0 nitrogen and oxygen atoms in total. The average molecular weight is 160 g/mol. The molecule has 0 aliphatic carbocycles. The SMILES string of the molecule is CCC(C)(CC)CC(C)CF. The first-order chi connectivity index (χ1) is 5.08. The van der Waals surface area contributed by atoms with Gasteiger partial charge in [0.15, 0.2) is 0 Å². The third-order valence-electron chi connectivity index (χ3n) is 2.81. The van der Waals surface area contributed by atoms with Crippen molar-refractivity contribution in [1.29, 1.82) is 0 Å². The second-order valence-electron chi connectivity index (χ2n) is 3.98. The molecule has 0 saturated carbocycles. The van der Waals surface area contributed by atoms with Crippen LogP contribution in [0.25, 0.3) is 0 Å². The zero-order chi connectivity index (χ0) is 8.91. The van der Waals surface area contributed by atoms with Crippen LogP contribution in [0.1, 0.15) is 47.0 Å². The molecule has 0 spiro atoms. The molecule has 0 rings (SSSR count). The Labute approximate surface area is 70.2 Å². The van der Waals surface area contributed by atoms with Crippen LogP contribution in [0, 0.1) is 11.3 Å². The summed E-state index contributed by atoms with van der Waals surface area (Å²) in [6.45, 7) is 8.45. The van der Waals surface area contributed by atoms with Gasteiger partial charge in [-0.3, -0.25) is 4.39 Å². The second kappa shape index (κ2) is 4.74. The topological polar surface area (TPSA) is 0 Å². The molecule has 0 radical (unpaired) electrons. The van der Waals surface area contributed by atoms with E-state index in [-0.39, 0.29) is 12.6 Å². The van der Waals surface area contributed by atoms with Crippen LogP contribution in [0.15, 0.2) is 0 Å². The van der Waals surface area contributed by atoms with Gasteiger partial charge in [-0.2, -0.15) is 0 Å². The summed E-state index contributed by atoms with van der Waals surface area (Å²) in [5.41, 5.74) is 0.367. The fourth-order valence-electron chi connectivity index (χ4n) is 1.43. The van der Waals surface area contributed by atoms with E-state index in [9.17, 15) is 4.39 Å². The average Bonchev–Trinajstić information content (AvgIpc) is 2.04. The highest BCUT2D eigenvalue weighted by Gasteiger charge is 2.22. The molecule has 0 saturated heterocycles. The van der Waals surface area contributed by atoms with Gasteiger partial charge in [0, 0.05) is 0 Å². The molecule has 0 N–H and O–H groups in total.